The highest BCUT2D eigenvalue weighted by molar-refractivity contribution is 5.65. The lowest BCUT2D eigenvalue weighted by molar-refractivity contribution is 0.403. The average Bonchev–Trinajstić information content (AvgIpc) is 2.85. The van der Waals surface area contributed by atoms with E-state index < -0.39 is 0 Å². The molecule has 19 heavy (non-hydrogen) atoms. The molecular formula is C13H16N4O2. The van der Waals surface area contributed by atoms with E-state index >= 15 is 0 Å². The first kappa shape index (κ1) is 11.8. The fraction of sp³-hybridized carbons (Fsp3) is 0.385. The molecule has 1 aromatic heterocycles. The Morgan fingerprint density at radius 3 is 2.89 bits per heavy atom. The van der Waals surface area contributed by atoms with Crippen LogP contribution in [0.5, 0.6) is 5.75 Å². The molecule has 1 saturated heterocycles. The van der Waals surface area contributed by atoms with Crippen molar-refractivity contribution in [2.45, 2.75) is 6.92 Å². The Balaban J connectivity index is 1.86. The van der Waals surface area contributed by atoms with E-state index in [1.54, 1.807) is 19.2 Å². The fourth-order valence-corrected chi connectivity index (χ4v) is 2.17. The predicted molar refractivity (Wildman–Crippen MR) is 72.1 cm³/mol. The molecule has 3 rings (SSSR count). The lowest BCUT2D eigenvalue weighted by atomic mass is 10.0. The molecule has 0 radical (unpaired) electrons. The van der Waals surface area contributed by atoms with Crippen molar-refractivity contribution in [3.8, 4) is 17.2 Å². The van der Waals surface area contributed by atoms with Gasteiger partial charge in [-0.1, -0.05) is 6.92 Å². The van der Waals surface area contributed by atoms with Gasteiger partial charge in [0.05, 0.1) is 12.8 Å². The van der Waals surface area contributed by atoms with Crippen LogP contribution in [0, 0.1) is 5.92 Å². The number of hydrogen-bond donors (Lipinski definition) is 1. The van der Waals surface area contributed by atoms with Crippen LogP contribution in [0.25, 0.3) is 11.5 Å². The minimum atomic E-state index is 0.479. The molecule has 0 amide bonds. The molecule has 0 spiro atoms. The number of aromatic nitrogens is 2. The third kappa shape index (κ3) is 2.09. The smallest absolute Gasteiger partial charge is 0.266 e. The van der Waals surface area contributed by atoms with Crippen molar-refractivity contribution in [1.82, 2.24) is 10.1 Å². The summed E-state index contributed by atoms with van der Waals surface area (Å²) in [5, 5.41) is 3.99. The van der Waals surface area contributed by atoms with E-state index in [0.717, 1.165) is 18.7 Å². The number of anilines is 2. The van der Waals surface area contributed by atoms with E-state index in [4.69, 9.17) is 15.0 Å². The van der Waals surface area contributed by atoms with Crippen molar-refractivity contribution in [3.63, 3.8) is 0 Å². The maximum atomic E-state index is 5.78. The SMILES string of the molecule is COc1cc(-c2nc(N3CC(C)C3)no2)ccc1N. The van der Waals surface area contributed by atoms with Crippen molar-refractivity contribution >= 4 is 11.6 Å². The van der Waals surface area contributed by atoms with Gasteiger partial charge in [0.2, 0.25) is 0 Å². The average molecular weight is 260 g/mol. The fourth-order valence-electron chi connectivity index (χ4n) is 2.17. The van der Waals surface area contributed by atoms with Crippen LogP contribution in [0.15, 0.2) is 22.7 Å². The van der Waals surface area contributed by atoms with Gasteiger partial charge in [-0.05, 0) is 29.3 Å². The monoisotopic (exact) mass is 260 g/mol. The molecule has 0 aliphatic carbocycles. The molecule has 100 valence electrons. The first-order valence-electron chi connectivity index (χ1n) is 6.20. The molecule has 6 heteroatoms. The van der Waals surface area contributed by atoms with Crippen LogP contribution in [0.3, 0.4) is 0 Å². The van der Waals surface area contributed by atoms with E-state index in [1.807, 2.05) is 6.07 Å². The van der Waals surface area contributed by atoms with Gasteiger partial charge in [-0.25, -0.2) is 0 Å². The second kappa shape index (κ2) is 4.46. The lowest BCUT2D eigenvalue weighted by Gasteiger charge is -2.35. The van der Waals surface area contributed by atoms with Crippen LogP contribution in [-0.4, -0.2) is 30.3 Å². The van der Waals surface area contributed by atoms with Crippen LogP contribution in [0.2, 0.25) is 0 Å². The summed E-state index contributed by atoms with van der Waals surface area (Å²) < 4.78 is 10.5. The van der Waals surface area contributed by atoms with E-state index in [1.165, 1.54) is 0 Å². The highest BCUT2D eigenvalue weighted by atomic mass is 16.5. The zero-order valence-electron chi connectivity index (χ0n) is 11.0. The second-order valence-electron chi connectivity index (χ2n) is 4.87. The number of methoxy groups -OCH3 is 1. The number of nitrogens with zero attached hydrogens (tertiary/aromatic N) is 3. The van der Waals surface area contributed by atoms with E-state index in [-0.39, 0.29) is 0 Å². The summed E-state index contributed by atoms with van der Waals surface area (Å²) >= 11 is 0. The molecule has 2 N–H and O–H groups in total. The predicted octanol–water partition coefficient (Wildman–Crippen LogP) is 1.78. The molecule has 0 saturated carbocycles. The van der Waals surface area contributed by atoms with Gasteiger partial charge >= 0.3 is 0 Å². The van der Waals surface area contributed by atoms with Crippen molar-refractivity contribution in [2.24, 2.45) is 5.92 Å². The number of ether oxygens (including phenoxy) is 1. The zero-order valence-corrected chi connectivity index (χ0v) is 11.0. The molecule has 2 aromatic rings. The van der Waals surface area contributed by atoms with Gasteiger partial charge in [0.25, 0.3) is 11.8 Å². The first-order chi connectivity index (χ1) is 9.17. The Kier molecular flexibility index (Phi) is 2.77. The minimum absolute atomic E-state index is 0.479. The topological polar surface area (TPSA) is 77.4 Å². The van der Waals surface area contributed by atoms with Gasteiger partial charge in [0.15, 0.2) is 0 Å². The van der Waals surface area contributed by atoms with Gasteiger partial charge in [0, 0.05) is 18.7 Å². The Labute approximate surface area is 111 Å². The Bertz CT molecular complexity index is 590. The van der Waals surface area contributed by atoms with Gasteiger partial charge in [-0.3, -0.25) is 0 Å². The second-order valence-corrected chi connectivity index (χ2v) is 4.87. The lowest BCUT2D eigenvalue weighted by Crippen LogP contribution is -2.45. The summed E-state index contributed by atoms with van der Waals surface area (Å²) in [5.41, 5.74) is 7.17. The summed E-state index contributed by atoms with van der Waals surface area (Å²) in [6.45, 7) is 4.15. The number of hydrogen-bond acceptors (Lipinski definition) is 6. The zero-order chi connectivity index (χ0) is 13.4. The van der Waals surface area contributed by atoms with Crippen molar-refractivity contribution in [3.05, 3.63) is 18.2 Å². The number of rotatable bonds is 3. The molecule has 1 aromatic carbocycles. The van der Waals surface area contributed by atoms with Gasteiger partial charge in [0.1, 0.15) is 5.75 Å². The van der Waals surface area contributed by atoms with E-state index in [0.29, 0.717) is 29.2 Å². The maximum absolute atomic E-state index is 5.78. The standard InChI is InChI=1S/C13H16N4O2/c1-8-6-17(7-8)13-15-12(19-16-13)9-3-4-10(14)11(5-9)18-2/h3-5,8H,6-7,14H2,1-2H3. The Hall–Kier alpha value is -2.24. The van der Waals surface area contributed by atoms with Crippen LogP contribution in [0.4, 0.5) is 11.6 Å². The number of benzene rings is 1. The van der Waals surface area contributed by atoms with Gasteiger partial charge in [-0.2, -0.15) is 4.98 Å². The Morgan fingerprint density at radius 2 is 2.21 bits per heavy atom. The molecule has 6 nitrogen and oxygen atoms in total. The van der Waals surface area contributed by atoms with Gasteiger partial charge < -0.3 is 19.9 Å². The summed E-state index contributed by atoms with van der Waals surface area (Å²) in [4.78, 5) is 6.48. The molecule has 1 aliphatic heterocycles. The Morgan fingerprint density at radius 1 is 1.42 bits per heavy atom. The summed E-state index contributed by atoms with van der Waals surface area (Å²) in [5.74, 6) is 2.42. The molecule has 1 fully saturated rings. The quantitative estimate of drug-likeness (QED) is 0.848. The molecular weight excluding hydrogens is 244 g/mol. The van der Waals surface area contributed by atoms with E-state index in [2.05, 4.69) is 22.0 Å². The summed E-state index contributed by atoms with van der Waals surface area (Å²) in [6, 6.07) is 5.41. The normalized spacial score (nSPS) is 15.4. The van der Waals surface area contributed by atoms with Crippen LogP contribution in [0.1, 0.15) is 6.92 Å². The van der Waals surface area contributed by atoms with Crippen LogP contribution in [-0.2, 0) is 0 Å². The third-order valence-electron chi connectivity index (χ3n) is 3.24. The molecule has 1 aliphatic rings. The van der Waals surface area contributed by atoms with E-state index in [9.17, 15) is 0 Å². The number of nitrogens with two attached hydrogens (primary N) is 1. The highest BCUT2D eigenvalue weighted by Gasteiger charge is 2.26. The van der Waals surface area contributed by atoms with Crippen molar-refractivity contribution < 1.29 is 9.26 Å². The minimum Gasteiger partial charge on any atom is -0.495 e. The highest BCUT2D eigenvalue weighted by Crippen LogP contribution is 2.29. The maximum Gasteiger partial charge on any atom is 0.266 e. The molecule has 0 unspecified atom stereocenters. The van der Waals surface area contributed by atoms with Crippen molar-refractivity contribution in [1.29, 1.82) is 0 Å². The summed E-state index contributed by atoms with van der Waals surface area (Å²) in [7, 11) is 1.58. The molecule has 0 atom stereocenters. The molecule has 0 bridgehead atoms. The van der Waals surface area contributed by atoms with Crippen molar-refractivity contribution in [2.75, 3.05) is 30.8 Å². The third-order valence-corrected chi connectivity index (χ3v) is 3.24. The summed E-state index contributed by atoms with van der Waals surface area (Å²) in [6.07, 6.45) is 0. The van der Waals surface area contributed by atoms with Gasteiger partial charge in [-0.15, -0.1) is 0 Å². The number of nitrogen functional groups attached to an aromatic ring is 1. The largest absolute Gasteiger partial charge is 0.495 e. The molecule has 2 heterocycles. The van der Waals surface area contributed by atoms with Crippen LogP contribution < -0.4 is 15.4 Å². The first-order valence-corrected chi connectivity index (χ1v) is 6.20. The van der Waals surface area contributed by atoms with Crippen LogP contribution >= 0.6 is 0 Å².